The van der Waals surface area contributed by atoms with Gasteiger partial charge in [0.1, 0.15) is 5.75 Å². The second kappa shape index (κ2) is 7.64. The molecule has 0 aliphatic carbocycles. The van der Waals surface area contributed by atoms with Crippen molar-refractivity contribution < 1.29 is 9.53 Å². The number of H-pyrrole nitrogens is 1. The molecule has 0 aliphatic heterocycles. The standard InChI is InChI=1S/C19H21N3O2/c1-2-3-6-13-24-15-11-9-14(10-12-15)18(23)22-19-20-16-7-4-5-8-17(16)21-19/h4-5,7-12H,2-3,6,13H2,1H3,(H2,20,21,22,23). The zero-order valence-corrected chi connectivity index (χ0v) is 13.7. The first-order chi connectivity index (χ1) is 11.8. The Balaban J connectivity index is 1.60. The van der Waals surface area contributed by atoms with E-state index in [1.54, 1.807) is 12.1 Å². The summed E-state index contributed by atoms with van der Waals surface area (Å²) >= 11 is 0. The van der Waals surface area contributed by atoms with E-state index in [0.717, 1.165) is 29.6 Å². The molecule has 3 aromatic rings. The third-order valence-electron chi connectivity index (χ3n) is 3.75. The van der Waals surface area contributed by atoms with Crippen LogP contribution in [0.5, 0.6) is 5.75 Å². The van der Waals surface area contributed by atoms with E-state index in [-0.39, 0.29) is 5.91 Å². The molecule has 24 heavy (non-hydrogen) atoms. The van der Waals surface area contributed by atoms with Gasteiger partial charge in [-0.05, 0) is 42.8 Å². The monoisotopic (exact) mass is 323 g/mol. The Bertz CT molecular complexity index is 776. The molecule has 1 amide bonds. The summed E-state index contributed by atoms with van der Waals surface area (Å²) in [5, 5.41) is 2.78. The fraction of sp³-hybridized carbons (Fsp3) is 0.263. The number of aromatic amines is 1. The summed E-state index contributed by atoms with van der Waals surface area (Å²) in [6, 6.07) is 14.8. The number of rotatable bonds is 7. The van der Waals surface area contributed by atoms with E-state index in [9.17, 15) is 4.79 Å². The van der Waals surface area contributed by atoms with Crippen LogP contribution in [0.1, 0.15) is 36.5 Å². The Morgan fingerprint density at radius 3 is 2.67 bits per heavy atom. The number of hydrogen-bond donors (Lipinski definition) is 2. The Hall–Kier alpha value is -2.82. The second-order valence-electron chi connectivity index (χ2n) is 5.64. The van der Waals surface area contributed by atoms with Gasteiger partial charge in [0.25, 0.3) is 5.91 Å². The van der Waals surface area contributed by atoms with Crippen LogP contribution in [0.3, 0.4) is 0 Å². The quantitative estimate of drug-likeness (QED) is 0.634. The Labute approximate surface area is 141 Å². The number of amides is 1. The predicted octanol–water partition coefficient (Wildman–Crippen LogP) is 4.38. The molecule has 2 aromatic carbocycles. The summed E-state index contributed by atoms with van der Waals surface area (Å²) in [5.41, 5.74) is 2.28. The number of ether oxygens (including phenoxy) is 1. The van der Waals surface area contributed by atoms with Crippen molar-refractivity contribution in [1.82, 2.24) is 9.97 Å². The molecule has 124 valence electrons. The van der Waals surface area contributed by atoms with Gasteiger partial charge in [-0.15, -0.1) is 0 Å². The maximum absolute atomic E-state index is 12.3. The highest BCUT2D eigenvalue weighted by atomic mass is 16.5. The van der Waals surface area contributed by atoms with Crippen LogP contribution in [0.2, 0.25) is 0 Å². The molecule has 0 spiro atoms. The van der Waals surface area contributed by atoms with Crippen molar-refractivity contribution in [2.45, 2.75) is 26.2 Å². The number of benzene rings is 2. The predicted molar refractivity (Wildman–Crippen MR) is 95.5 cm³/mol. The van der Waals surface area contributed by atoms with Crippen LogP contribution in [0, 0.1) is 0 Å². The van der Waals surface area contributed by atoms with Crippen LogP contribution in [0.15, 0.2) is 48.5 Å². The van der Waals surface area contributed by atoms with E-state index in [4.69, 9.17) is 4.74 Å². The van der Waals surface area contributed by atoms with Gasteiger partial charge in [-0.1, -0.05) is 31.9 Å². The van der Waals surface area contributed by atoms with Crippen LogP contribution < -0.4 is 10.1 Å². The molecule has 1 aromatic heterocycles. The largest absolute Gasteiger partial charge is 0.494 e. The zero-order chi connectivity index (χ0) is 16.8. The summed E-state index contributed by atoms with van der Waals surface area (Å²) < 4.78 is 5.65. The lowest BCUT2D eigenvalue weighted by Crippen LogP contribution is -2.12. The highest BCUT2D eigenvalue weighted by Gasteiger charge is 2.09. The summed E-state index contributed by atoms with van der Waals surface area (Å²) in [5.74, 6) is 1.03. The molecule has 0 fully saturated rings. The maximum Gasteiger partial charge on any atom is 0.257 e. The fourth-order valence-electron chi connectivity index (χ4n) is 2.44. The smallest absolute Gasteiger partial charge is 0.257 e. The summed E-state index contributed by atoms with van der Waals surface area (Å²) in [4.78, 5) is 19.7. The molecule has 0 atom stereocenters. The van der Waals surface area contributed by atoms with E-state index in [0.29, 0.717) is 18.1 Å². The Kier molecular flexibility index (Phi) is 5.11. The van der Waals surface area contributed by atoms with Gasteiger partial charge < -0.3 is 9.72 Å². The van der Waals surface area contributed by atoms with Gasteiger partial charge in [0, 0.05) is 5.56 Å². The molecule has 0 saturated carbocycles. The molecular formula is C19H21N3O2. The minimum absolute atomic E-state index is 0.202. The summed E-state index contributed by atoms with van der Waals surface area (Å²) in [6.07, 6.45) is 3.38. The lowest BCUT2D eigenvalue weighted by Gasteiger charge is -2.07. The lowest BCUT2D eigenvalue weighted by molar-refractivity contribution is 0.102. The number of carbonyl (C=O) groups is 1. The molecule has 1 heterocycles. The number of hydrogen-bond acceptors (Lipinski definition) is 3. The van der Waals surface area contributed by atoms with E-state index in [1.807, 2.05) is 36.4 Å². The molecule has 0 bridgehead atoms. The summed E-state index contributed by atoms with van der Waals surface area (Å²) in [6.45, 7) is 2.87. The van der Waals surface area contributed by atoms with Gasteiger partial charge >= 0.3 is 0 Å². The first-order valence-corrected chi connectivity index (χ1v) is 8.25. The van der Waals surface area contributed by atoms with E-state index in [1.165, 1.54) is 6.42 Å². The number of fused-ring (bicyclic) bond motifs is 1. The van der Waals surface area contributed by atoms with Crippen molar-refractivity contribution in [1.29, 1.82) is 0 Å². The van der Waals surface area contributed by atoms with Crippen molar-refractivity contribution in [2.24, 2.45) is 0 Å². The molecule has 0 saturated heterocycles. The first kappa shape index (κ1) is 16.1. The highest BCUT2D eigenvalue weighted by molar-refractivity contribution is 6.04. The average Bonchev–Trinajstić information content (AvgIpc) is 3.01. The van der Waals surface area contributed by atoms with E-state index >= 15 is 0 Å². The number of aromatic nitrogens is 2. The van der Waals surface area contributed by atoms with E-state index < -0.39 is 0 Å². The van der Waals surface area contributed by atoms with Crippen molar-refractivity contribution in [3.63, 3.8) is 0 Å². The number of nitrogens with one attached hydrogen (secondary N) is 2. The molecule has 5 heteroatoms. The number of unbranched alkanes of at least 4 members (excludes halogenated alkanes) is 2. The number of para-hydroxylation sites is 2. The SMILES string of the molecule is CCCCCOc1ccc(C(=O)Nc2nc3ccccc3[nH]2)cc1. The molecule has 0 aliphatic rings. The van der Waals surface area contributed by atoms with Crippen molar-refractivity contribution in [2.75, 3.05) is 11.9 Å². The second-order valence-corrected chi connectivity index (χ2v) is 5.64. The van der Waals surface area contributed by atoms with Crippen LogP contribution in [0.25, 0.3) is 11.0 Å². The number of anilines is 1. The van der Waals surface area contributed by atoms with Crippen LogP contribution >= 0.6 is 0 Å². The molecule has 5 nitrogen and oxygen atoms in total. The molecule has 2 N–H and O–H groups in total. The van der Waals surface area contributed by atoms with Gasteiger partial charge in [0.05, 0.1) is 17.6 Å². The molecular weight excluding hydrogens is 302 g/mol. The third-order valence-corrected chi connectivity index (χ3v) is 3.75. The maximum atomic E-state index is 12.3. The number of imidazole rings is 1. The highest BCUT2D eigenvalue weighted by Crippen LogP contribution is 2.16. The minimum atomic E-state index is -0.202. The van der Waals surface area contributed by atoms with Gasteiger partial charge in [-0.3, -0.25) is 10.1 Å². The number of nitrogens with zero attached hydrogens (tertiary/aromatic N) is 1. The van der Waals surface area contributed by atoms with Gasteiger partial charge in [0.15, 0.2) is 0 Å². The van der Waals surface area contributed by atoms with Crippen LogP contribution in [0.4, 0.5) is 5.95 Å². The van der Waals surface area contributed by atoms with Crippen LogP contribution in [-0.2, 0) is 0 Å². The molecule has 3 rings (SSSR count). The Morgan fingerprint density at radius 1 is 1.12 bits per heavy atom. The van der Waals surface area contributed by atoms with Crippen LogP contribution in [-0.4, -0.2) is 22.5 Å². The van der Waals surface area contributed by atoms with Gasteiger partial charge in [0.2, 0.25) is 5.95 Å². The van der Waals surface area contributed by atoms with Crippen molar-refractivity contribution in [3.05, 3.63) is 54.1 Å². The van der Waals surface area contributed by atoms with Crippen molar-refractivity contribution in [3.8, 4) is 5.75 Å². The lowest BCUT2D eigenvalue weighted by atomic mass is 10.2. The molecule has 0 unspecified atom stereocenters. The van der Waals surface area contributed by atoms with E-state index in [2.05, 4.69) is 22.2 Å². The first-order valence-electron chi connectivity index (χ1n) is 8.25. The fourth-order valence-corrected chi connectivity index (χ4v) is 2.44. The summed E-state index contributed by atoms with van der Waals surface area (Å²) in [7, 11) is 0. The topological polar surface area (TPSA) is 67.0 Å². The van der Waals surface area contributed by atoms with Gasteiger partial charge in [-0.2, -0.15) is 0 Å². The number of carbonyl (C=O) groups excluding carboxylic acids is 1. The van der Waals surface area contributed by atoms with Gasteiger partial charge in [-0.25, -0.2) is 4.98 Å². The van der Waals surface area contributed by atoms with Crippen molar-refractivity contribution >= 4 is 22.9 Å². The normalized spacial score (nSPS) is 10.7. The third kappa shape index (κ3) is 3.93. The zero-order valence-electron chi connectivity index (χ0n) is 13.7. The molecule has 0 radical (unpaired) electrons. The minimum Gasteiger partial charge on any atom is -0.494 e. The average molecular weight is 323 g/mol. The Morgan fingerprint density at radius 2 is 1.92 bits per heavy atom.